The molecule has 0 bridgehead atoms. The van der Waals surface area contributed by atoms with E-state index >= 15 is 0 Å². The van der Waals surface area contributed by atoms with Crippen LogP contribution in [-0.2, 0) is 4.79 Å². The minimum atomic E-state index is -0.443. The number of aliphatic hydroxyl groups excluding tert-OH is 1. The molecule has 0 spiro atoms. The van der Waals surface area contributed by atoms with Crippen molar-refractivity contribution >= 4 is 23.4 Å². The molecule has 27 heavy (non-hydrogen) atoms. The van der Waals surface area contributed by atoms with E-state index < -0.39 is 5.91 Å². The summed E-state index contributed by atoms with van der Waals surface area (Å²) in [5.74, 6) is -0.443. The molecule has 0 saturated carbocycles. The Kier molecular flexibility index (Phi) is 8.98. The normalized spacial score (nSPS) is 10.9. The molecule has 0 aliphatic heterocycles. The van der Waals surface area contributed by atoms with Crippen molar-refractivity contribution in [3.63, 3.8) is 0 Å². The SMILES string of the molecule is N#C/C(=C/NCCCCCO)C(=O)Nc1ccccc1Sc1ccccc1. The lowest BCUT2D eigenvalue weighted by Gasteiger charge is -2.10. The number of hydrogen-bond acceptors (Lipinski definition) is 5. The Labute approximate surface area is 164 Å². The molecule has 0 aliphatic rings. The Balaban J connectivity index is 1.98. The Bertz CT molecular complexity index is 801. The molecule has 2 aromatic rings. The number of unbranched alkanes of at least 4 members (excludes halogenated alkanes) is 2. The zero-order valence-corrected chi connectivity index (χ0v) is 15.8. The number of carbonyl (C=O) groups excluding carboxylic acids is 1. The van der Waals surface area contributed by atoms with E-state index in [1.54, 1.807) is 11.8 Å². The van der Waals surface area contributed by atoms with Gasteiger partial charge in [0.1, 0.15) is 11.6 Å². The number of carbonyl (C=O) groups is 1. The van der Waals surface area contributed by atoms with Crippen LogP contribution in [0.2, 0.25) is 0 Å². The van der Waals surface area contributed by atoms with E-state index in [1.165, 1.54) is 6.20 Å². The van der Waals surface area contributed by atoms with E-state index in [-0.39, 0.29) is 12.2 Å². The first-order valence-electron chi connectivity index (χ1n) is 8.82. The number of rotatable bonds is 10. The van der Waals surface area contributed by atoms with Crippen LogP contribution in [0.1, 0.15) is 19.3 Å². The minimum Gasteiger partial charge on any atom is -0.396 e. The summed E-state index contributed by atoms with van der Waals surface area (Å²) in [7, 11) is 0. The van der Waals surface area contributed by atoms with Crippen LogP contribution >= 0.6 is 11.8 Å². The molecule has 140 valence electrons. The average Bonchev–Trinajstić information content (AvgIpc) is 2.69. The molecule has 0 unspecified atom stereocenters. The van der Waals surface area contributed by atoms with Gasteiger partial charge in [-0.3, -0.25) is 4.79 Å². The van der Waals surface area contributed by atoms with Gasteiger partial charge in [-0.2, -0.15) is 5.26 Å². The molecule has 2 aromatic carbocycles. The lowest BCUT2D eigenvalue weighted by molar-refractivity contribution is -0.112. The van der Waals surface area contributed by atoms with Gasteiger partial charge < -0.3 is 15.7 Å². The van der Waals surface area contributed by atoms with Crippen LogP contribution in [0.3, 0.4) is 0 Å². The van der Waals surface area contributed by atoms with Crippen LogP contribution in [0.15, 0.2) is 76.2 Å². The van der Waals surface area contributed by atoms with Gasteiger partial charge in [0.2, 0.25) is 0 Å². The molecular formula is C21H23N3O2S. The number of nitriles is 1. The Morgan fingerprint density at radius 3 is 2.56 bits per heavy atom. The lowest BCUT2D eigenvalue weighted by atomic mass is 10.2. The number of anilines is 1. The minimum absolute atomic E-state index is 0.0247. The average molecular weight is 382 g/mol. The van der Waals surface area contributed by atoms with Crippen LogP contribution in [0, 0.1) is 11.3 Å². The summed E-state index contributed by atoms with van der Waals surface area (Å²) in [5.41, 5.74) is 0.692. The van der Waals surface area contributed by atoms with Crippen molar-refractivity contribution in [3.8, 4) is 6.07 Å². The summed E-state index contributed by atoms with van der Waals surface area (Å²) < 4.78 is 0. The first-order valence-corrected chi connectivity index (χ1v) is 9.64. The maximum Gasteiger partial charge on any atom is 0.267 e. The van der Waals surface area contributed by atoms with Gasteiger partial charge in [-0.05, 0) is 43.5 Å². The van der Waals surface area contributed by atoms with E-state index in [1.807, 2.05) is 60.7 Å². The number of benzene rings is 2. The van der Waals surface area contributed by atoms with Gasteiger partial charge in [0.05, 0.1) is 5.69 Å². The van der Waals surface area contributed by atoms with Crippen molar-refractivity contribution in [2.45, 2.75) is 29.1 Å². The first kappa shape index (κ1) is 20.6. The second-order valence-corrected chi connectivity index (χ2v) is 6.89. The Hall–Kier alpha value is -2.75. The van der Waals surface area contributed by atoms with Crippen molar-refractivity contribution in [2.75, 3.05) is 18.5 Å². The topological polar surface area (TPSA) is 85.2 Å². The molecule has 2 rings (SSSR count). The third-order valence-electron chi connectivity index (χ3n) is 3.70. The summed E-state index contributed by atoms with van der Waals surface area (Å²) in [6.45, 7) is 0.834. The third kappa shape index (κ3) is 7.18. The standard InChI is InChI=1S/C21H23N3O2S/c22-15-17(16-23-13-7-2-8-14-25)21(26)24-19-11-5-6-12-20(19)27-18-9-3-1-4-10-18/h1,3-6,9-12,16,23,25H,2,7-8,13-14H2,(H,24,26)/b17-16-. The van der Waals surface area contributed by atoms with E-state index in [4.69, 9.17) is 5.11 Å². The van der Waals surface area contributed by atoms with Gasteiger partial charge in [0, 0.05) is 29.1 Å². The summed E-state index contributed by atoms with van der Waals surface area (Å²) in [5, 5.41) is 23.8. The van der Waals surface area contributed by atoms with Gasteiger partial charge in [0.15, 0.2) is 0 Å². The smallest absolute Gasteiger partial charge is 0.267 e. The molecule has 1 amide bonds. The number of para-hydroxylation sites is 1. The number of aliphatic hydroxyl groups is 1. The summed E-state index contributed by atoms with van der Waals surface area (Å²) in [6, 6.07) is 19.3. The van der Waals surface area contributed by atoms with Gasteiger partial charge in [-0.1, -0.05) is 42.1 Å². The van der Waals surface area contributed by atoms with Crippen molar-refractivity contribution in [2.24, 2.45) is 0 Å². The van der Waals surface area contributed by atoms with Gasteiger partial charge in [-0.25, -0.2) is 0 Å². The molecule has 0 atom stereocenters. The maximum atomic E-state index is 12.4. The Morgan fingerprint density at radius 2 is 1.81 bits per heavy atom. The summed E-state index contributed by atoms with van der Waals surface area (Å²) >= 11 is 1.55. The third-order valence-corrected chi connectivity index (χ3v) is 4.78. The molecule has 0 saturated heterocycles. The molecule has 3 N–H and O–H groups in total. The Morgan fingerprint density at radius 1 is 1.07 bits per heavy atom. The van der Waals surface area contributed by atoms with Crippen molar-refractivity contribution in [3.05, 3.63) is 66.4 Å². The largest absolute Gasteiger partial charge is 0.396 e. The fourth-order valence-electron chi connectivity index (χ4n) is 2.30. The van der Waals surface area contributed by atoms with Crippen LogP contribution in [0.4, 0.5) is 5.69 Å². The van der Waals surface area contributed by atoms with E-state index in [0.29, 0.717) is 12.2 Å². The molecule has 5 nitrogen and oxygen atoms in total. The highest BCUT2D eigenvalue weighted by atomic mass is 32.2. The highest BCUT2D eigenvalue weighted by molar-refractivity contribution is 7.99. The number of hydrogen-bond donors (Lipinski definition) is 3. The second-order valence-electron chi connectivity index (χ2n) is 5.77. The van der Waals surface area contributed by atoms with E-state index in [0.717, 1.165) is 29.1 Å². The molecule has 6 heteroatoms. The molecular weight excluding hydrogens is 358 g/mol. The molecule has 0 fully saturated rings. The van der Waals surface area contributed by atoms with Crippen molar-refractivity contribution in [1.82, 2.24) is 5.32 Å². The predicted octanol–water partition coefficient (Wildman–Crippen LogP) is 3.94. The molecule has 0 aromatic heterocycles. The predicted molar refractivity (Wildman–Crippen MR) is 108 cm³/mol. The van der Waals surface area contributed by atoms with Crippen LogP contribution in [0.5, 0.6) is 0 Å². The monoisotopic (exact) mass is 381 g/mol. The van der Waals surface area contributed by atoms with Crippen LogP contribution in [0.25, 0.3) is 0 Å². The molecule has 0 heterocycles. The van der Waals surface area contributed by atoms with Crippen LogP contribution < -0.4 is 10.6 Å². The number of nitrogens with one attached hydrogen (secondary N) is 2. The van der Waals surface area contributed by atoms with Crippen molar-refractivity contribution < 1.29 is 9.90 Å². The fraction of sp³-hybridized carbons (Fsp3) is 0.238. The van der Waals surface area contributed by atoms with Crippen LogP contribution in [-0.4, -0.2) is 24.2 Å². The van der Waals surface area contributed by atoms with Crippen molar-refractivity contribution in [1.29, 1.82) is 5.26 Å². The van der Waals surface area contributed by atoms with E-state index in [9.17, 15) is 10.1 Å². The lowest BCUT2D eigenvalue weighted by Crippen LogP contribution is -2.17. The number of nitrogens with zero attached hydrogens (tertiary/aromatic N) is 1. The fourth-order valence-corrected chi connectivity index (χ4v) is 3.23. The van der Waals surface area contributed by atoms with Gasteiger partial charge in [0.25, 0.3) is 5.91 Å². The zero-order chi connectivity index (χ0) is 19.3. The first-order chi connectivity index (χ1) is 13.2. The zero-order valence-electron chi connectivity index (χ0n) is 15.0. The second kappa shape index (κ2) is 11.8. The summed E-state index contributed by atoms with van der Waals surface area (Å²) in [6.07, 6.45) is 3.97. The van der Waals surface area contributed by atoms with Gasteiger partial charge in [-0.15, -0.1) is 0 Å². The quantitative estimate of drug-likeness (QED) is 0.330. The van der Waals surface area contributed by atoms with E-state index in [2.05, 4.69) is 10.6 Å². The highest BCUT2D eigenvalue weighted by Crippen LogP contribution is 2.33. The maximum absolute atomic E-state index is 12.4. The molecule has 0 radical (unpaired) electrons. The molecule has 0 aliphatic carbocycles. The van der Waals surface area contributed by atoms with Gasteiger partial charge >= 0.3 is 0 Å². The number of amides is 1. The highest BCUT2D eigenvalue weighted by Gasteiger charge is 2.12. The summed E-state index contributed by atoms with van der Waals surface area (Å²) in [4.78, 5) is 14.4.